The monoisotopic (exact) mass is 389 g/mol. The Morgan fingerprint density at radius 2 is 2.11 bits per heavy atom. The minimum atomic E-state index is -0.550. The largest absolute Gasteiger partial charge is 0.477 e. The van der Waals surface area contributed by atoms with Crippen LogP contribution in [0.1, 0.15) is 50.4 Å². The Hall–Kier alpha value is -2.55. The molecule has 5 N–H and O–H groups in total. The van der Waals surface area contributed by atoms with Crippen LogP contribution in [0.3, 0.4) is 0 Å². The number of aromatic amines is 1. The fourth-order valence-electron chi connectivity index (χ4n) is 3.68. The van der Waals surface area contributed by atoms with Gasteiger partial charge in [-0.15, -0.1) is 0 Å². The summed E-state index contributed by atoms with van der Waals surface area (Å²) in [5.74, 6) is -0.0602. The zero-order chi connectivity index (χ0) is 20.2. The van der Waals surface area contributed by atoms with E-state index in [2.05, 4.69) is 15.3 Å². The summed E-state index contributed by atoms with van der Waals surface area (Å²) in [5, 5.41) is 16.8. The number of amides is 1. The number of nitrogens with one attached hydrogen (secondary N) is 2. The molecule has 2 aromatic rings. The quantitative estimate of drug-likeness (QED) is 0.553. The second-order valence-corrected chi connectivity index (χ2v) is 9.23. The lowest BCUT2D eigenvalue weighted by atomic mass is 9.96. The molecule has 0 radical (unpaired) electrons. The molecule has 0 spiro atoms. The van der Waals surface area contributed by atoms with Gasteiger partial charge in [0.1, 0.15) is 5.82 Å². The number of nitrogens with two attached hydrogens (primary N) is 1. The maximum absolute atomic E-state index is 13.1. The maximum atomic E-state index is 13.1. The van der Waals surface area contributed by atoms with Crippen molar-refractivity contribution >= 4 is 17.4 Å². The zero-order valence-electron chi connectivity index (χ0n) is 16.7. The van der Waals surface area contributed by atoms with E-state index in [1.54, 1.807) is 4.57 Å². The minimum Gasteiger partial charge on any atom is -0.477 e. The molecule has 1 saturated heterocycles. The van der Waals surface area contributed by atoms with Crippen molar-refractivity contribution in [2.75, 3.05) is 18.0 Å². The maximum Gasteiger partial charge on any atom is 0.378 e. The molecule has 2 fully saturated rings. The van der Waals surface area contributed by atoms with Gasteiger partial charge in [-0.3, -0.25) is 4.79 Å². The van der Waals surface area contributed by atoms with Gasteiger partial charge in [-0.25, -0.2) is 9.89 Å². The van der Waals surface area contributed by atoms with Crippen molar-refractivity contribution in [2.24, 2.45) is 11.1 Å². The number of fused-ring (bicyclic) bond motifs is 1. The molecule has 28 heavy (non-hydrogen) atoms. The molecule has 152 valence electrons. The number of hydrogen-bond donors (Lipinski definition) is 4. The van der Waals surface area contributed by atoms with E-state index in [1.165, 1.54) is 4.52 Å². The first kappa shape index (κ1) is 18.8. The topological polar surface area (TPSA) is 120 Å². The third kappa shape index (κ3) is 3.46. The van der Waals surface area contributed by atoms with Crippen LogP contribution in [0.25, 0.3) is 5.65 Å². The molecule has 9 heteroatoms. The first-order chi connectivity index (χ1) is 13.1. The van der Waals surface area contributed by atoms with Crippen LogP contribution < -0.4 is 26.1 Å². The predicted octanol–water partition coefficient (Wildman–Crippen LogP) is 0.0964. The average molecular weight is 389 g/mol. The highest BCUT2D eigenvalue weighted by atomic mass is 16.3. The van der Waals surface area contributed by atoms with Crippen molar-refractivity contribution in [1.29, 1.82) is 0 Å². The van der Waals surface area contributed by atoms with Crippen LogP contribution in [0.15, 0.2) is 10.9 Å². The normalized spacial score (nSPS) is 20.1. The molecular formula is C19H29N6O3+. The van der Waals surface area contributed by atoms with Crippen molar-refractivity contribution in [3.63, 3.8) is 0 Å². The summed E-state index contributed by atoms with van der Waals surface area (Å²) in [6.45, 7) is 8.06. The highest BCUT2D eigenvalue weighted by Crippen LogP contribution is 2.23. The van der Waals surface area contributed by atoms with Gasteiger partial charge in [0.05, 0.1) is 12.6 Å². The summed E-state index contributed by atoms with van der Waals surface area (Å²) in [6.07, 6.45) is 2.69. The Morgan fingerprint density at radius 3 is 2.68 bits per heavy atom. The second kappa shape index (κ2) is 6.51. The lowest BCUT2D eigenvalue weighted by Crippen LogP contribution is -2.47. The SMILES string of the molecule is CC(C)(C)C[n+]1c(O)c(C(=O)NC2CC2)c(=O)n2[nH]c(N3CC[C@H](N)C3)cc21. The Morgan fingerprint density at radius 1 is 1.39 bits per heavy atom. The predicted molar refractivity (Wildman–Crippen MR) is 105 cm³/mol. The number of rotatable bonds is 4. The van der Waals surface area contributed by atoms with Gasteiger partial charge in [-0.1, -0.05) is 25.3 Å². The first-order valence-electron chi connectivity index (χ1n) is 9.86. The molecule has 2 aliphatic rings. The molecule has 1 aliphatic carbocycles. The number of carbonyl (C=O) groups is 1. The molecule has 1 saturated carbocycles. The van der Waals surface area contributed by atoms with Gasteiger partial charge in [-0.05, 0) is 24.7 Å². The highest BCUT2D eigenvalue weighted by molar-refractivity contribution is 5.96. The van der Waals surface area contributed by atoms with Gasteiger partial charge in [0, 0.05) is 25.2 Å². The van der Waals surface area contributed by atoms with Gasteiger partial charge >= 0.3 is 17.1 Å². The minimum absolute atomic E-state index is 0.0911. The van der Waals surface area contributed by atoms with E-state index in [9.17, 15) is 14.7 Å². The average Bonchev–Trinajstić information content (AvgIpc) is 3.12. The molecule has 1 amide bonds. The van der Waals surface area contributed by atoms with E-state index in [0.29, 0.717) is 18.7 Å². The number of H-pyrrole nitrogens is 1. The number of nitrogens with zero attached hydrogens (tertiary/aromatic N) is 3. The smallest absolute Gasteiger partial charge is 0.378 e. The molecule has 4 rings (SSSR count). The number of carbonyl (C=O) groups excluding carboxylic acids is 1. The summed E-state index contributed by atoms with van der Waals surface area (Å²) in [5.41, 5.74) is 5.60. The molecular weight excluding hydrogens is 360 g/mol. The Bertz CT molecular complexity index is 982. The van der Waals surface area contributed by atoms with E-state index in [1.807, 2.05) is 26.8 Å². The van der Waals surface area contributed by atoms with E-state index in [0.717, 1.165) is 31.6 Å². The van der Waals surface area contributed by atoms with Crippen LogP contribution >= 0.6 is 0 Å². The summed E-state index contributed by atoms with van der Waals surface area (Å²) in [4.78, 5) is 27.8. The van der Waals surface area contributed by atoms with E-state index in [4.69, 9.17) is 5.73 Å². The fourth-order valence-corrected chi connectivity index (χ4v) is 3.68. The van der Waals surface area contributed by atoms with Gasteiger partial charge in [0.2, 0.25) is 5.56 Å². The summed E-state index contributed by atoms with van der Waals surface area (Å²) >= 11 is 0. The van der Waals surface area contributed by atoms with Gasteiger partial charge in [0.25, 0.3) is 5.91 Å². The summed E-state index contributed by atoms with van der Waals surface area (Å²) in [6, 6.07) is 2.03. The van der Waals surface area contributed by atoms with Crippen molar-refractivity contribution in [1.82, 2.24) is 14.9 Å². The standard InChI is InChI=1S/C19H28N6O3/c1-19(2,3)10-24-14-8-13(23-7-6-11(20)9-23)22-25(14)18(28)15(17(24)27)16(26)21-12-4-5-12/h8,11-12H,4-7,9-10,20H2,1-3H3,(H2,21,26,27,28)/p+1/t11-/m0/s1. The van der Waals surface area contributed by atoms with Crippen molar-refractivity contribution in [2.45, 2.75) is 58.7 Å². The van der Waals surface area contributed by atoms with Crippen LogP contribution in [0.2, 0.25) is 0 Å². The Balaban J connectivity index is 1.87. The van der Waals surface area contributed by atoms with Gasteiger partial charge < -0.3 is 21.1 Å². The molecule has 9 nitrogen and oxygen atoms in total. The Kier molecular flexibility index (Phi) is 4.37. The highest BCUT2D eigenvalue weighted by Gasteiger charge is 2.35. The van der Waals surface area contributed by atoms with Gasteiger partial charge in [0.15, 0.2) is 0 Å². The van der Waals surface area contributed by atoms with Crippen molar-refractivity contribution < 1.29 is 14.5 Å². The van der Waals surface area contributed by atoms with Crippen LogP contribution in [0.5, 0.6) is 5.88 Å². The zero-order valence-corrected chi connectivity index (χ0v) is 16.7. The number of aromatic nitrogens is 3. The molecule has 2 aromatic heterocycles. The lowest BCUT2D eigenvalue weighted by Gasteiger charge is -2.17. The summed E-state index contributed by atoms with van der Waals surface area (Å²) < 4.78 is 2.99. The van der Waals surface area contributed by atoms with E-state index < -0.39 is 11.5 Å². The second-order valence-electron chi connectivity index (χ2n) is 9.23. The third-order valence-corrected chi connectivity index (χ3v) is 5.23. The van der Waals surface area contributed by atoms with Gasteiger partial charge in [-0.2, -0.15) is 4.57 Å². The molecule has 1 aliphatic heterocycles. The molecule has 3 heterocycles. The lowest BCUT2D eigenvalue weighted by molar-refractivity contribution is -0.692. The molecule has 0 bridgehead atoms. The Labute approximate surface area is 163 Å². The van der Waals surface area contributed by atoms with Crippen LogP contribution in [0, 0.1) is 5.41 Å². The van der Waals surface area contributed by atoms with Crippen LogP contribution in [-0.4, -0.2) is 45.8 Å². The van der Waals surface area contributed by atoms with Crippen molar-refractivity contribution in [3.05, 3.63) is 22.0 Å². The fraction of sp³-hybridized carbons (Fsp3) is 0.632. The molecule has 1 atom stereocenters. The van der Waals surface area contributed by atoms with Crippen LogP contribution in [-0.2, 0) is 6.54 Å². The number of hydrogen-bond acceptors (Lipinski definition) is 5. The molecule has 0 aromatic carbocycles. The van der Waals surface area contributed by atoms with E-state index in [-0.39, 0.29) is 28.9 Å². The van der Waals surface area contributed by atoms with Crippen molar-refractivity contribution in [3.8, 4) is 5.88 Å². The number of aromatic hydroxyl groups is 1. The van der Waals surface area contributed by atoms with E-state index >= 15 is 0 Å². The third-order valence-electron chi connectivity index (χ3n) is 5.23. The molecule has 0 unspecified atom stereocenters. The summed E-state index contributed by atoms with van der Waals surface area (Å²) in [7, 11) is 0. The number of anilines is 1. The van der Waals surface area contributed by atoms with Crippen LogP contribution in [0.4, 0.5) is 5.82 Å². The first-order valence-corrected chi connectivity index (χ1v) is 9.86.